The van der Waals surface area contributed by atoms with E-state index in [1.54, 1.807) is 30.5 Å². The maximum atomic E-state index is 12.7. The predicted octanol–water partition coefficient (Wildman–Crippen LogP) is 5.74. The first-order valence-electron chi connectivity index (χ1n) is 10.1. The number of amides is 1. The van der Waals surface area contributed by atoms with E-state index in [1.165, 1.54) is 0 Å². The van der Waals surface area contributed by atoms with Crippen molar-refractivity contribution in [2.24, 2.45) is 0 Å². The van der Waals surface area contributed by atoms with E-state index in [4.69, 9.17) is 4.74 Å². The monoisotopic (exact) mass is 411 g/mol. The van der Waals surface area contributed by atoms with Crippen LogP contribution in [-0.2, 0) is 11.3 Å². The summed E-state index contributed by atoms with van der Waals surface area (Å²) in [6.07, 6.45) is 1.62. The number of rotatable bonds is 8. The fourth-order valence-corrected chi connectivity index (χ4v) is 2.90. The standard InChI is InChI=1S/C26H25N3O2/c1-20(2)29(18-21-9-5-3-6-10-21)19-22(17-27)26(30)28-23-13-15-25(16-14-23)31-24-11-7-4-8-12-24/h3-16,19-20H,18H2,1-2H3,(H,28,30)/b22-19-. The molecule has 31 heavy (non-hydrogen) atoms. The number of nitrogens with one attached hydrogen (secondary N) is 1. The quantitative estimate of drug-likeness (QED) is 0.379. The van der Waals surface area contributed by atoms with E-state index < -0.39 is 5.91 Å². The Bertz CT molecular complexity index is 1050. The van der Waals surface area contributed by atoms with E-state index in [2.05, 4.69) is 5.32 Å². The van der Waals surface area contributed by atoms with Crippen molar-refractivity contribution in [3.8, 4) is 17.6 Å². The second-order valence-corrected chi connectivity index (χ2v) is 7.30. The van der Waals surface area contributed by atoms with E-state index in [9.17, 15) is 10.1 Å². The van der Waals surface area contributed by atoms with E-state index in [0.29, 0.717) is 18.0 Å². The van der Waals surface area contributed by atoms with Crippen LogP contribution in [0.1, 0.15) is 19.4 Å². The van der Waals surface area contributed by atoms with Crippen molar-refractivity contribution < 1.29 is 9.53 Å². The van der Waals surface area contributed by atoms with Crippen LogP contribution in [0.15, 0.2) is 96.7 Å². The summed E-state index contributed by atoms with van der Waals surface area (Å²) >= 11 is 0. The molecule has 0 aromatic heterocycles. The summed E-state index contributed by atoms with van der Waals surface area (Å²) in [6, 6.07) is 28.6. The first-order valence-corrected chi connectivity index (χ1v) is 10.1. The SMILES string of the molecule is CC(C)N(/C=C(/C#N)C(=O)Nc1ccc(Oc2ccccc2)cc1)Cc1ccccc1. The van der Waals surface area contributed by atoms with Crippen LogP contribution in [0, 0.1) is 11.3 Å². The molecule has 3 rings (SSSR count). The van der Waals surface area contributed by atoms with Crippen LogP contribution in [0.25, 0.3) is 0 Å². The van der Waals surface area contributed by atoms with Gasteiger partial charge in [-0.1, -0.05) is 48.5 Å². The molecule has 1 N–H and O–H groups in total. The van der Waals surface area contributed by atoms with Crippen molar-refractivity contribution in [3.63, 3.8) is 0 Å². The summed E-state index contributed by atoms with van der Waals surface area (Å²) in [5, 5.41) is 12.3. The molecule has 0 bridgehead atoms. The zero-order valence-electron chi connectivity index (χ0n) is 17.7. The summed E-state index contributed by atoms with van der Waals surface area (Å²) in [5.74, 6) is 0.952. The van der Waals surface area contributed by atoms with E-state index in [1.807, 2.05) is 85.5 Å². The van der Waals surface area contributed by atoms with Gasteiger partial charge in [-0.2, -0.15) is 5.26 Å². The van der Waals surface area contributed by atoms with Gasteiger partial charge in [0.15, 0.2) is 0 Å². The lowest BCUT2D eigenvalue weighted by Gasteiger charge is -2.25. The summed E-state index contributed by atoms with van der Waals surface area (Å²) in [7, 11) is 0. The van der Waals surface area contributed by atoms with Gasteiger partial charge in [0, 0.05) is 24.5 Å². The molecule has 3 aromatic carbocycles. The Hall–Kier alpha value is -4.04. The number of carbonyl (C=O) groups excluding carboxylic acids is 1. The lowest BCUT2D eigenvalue weighted by Crippen LogP contribution is -2.27. The number of hydrogen-bond donors (Lipinski definition) is 1. The minimum atomic E-state index is -0.446. The third kappa shape index (κ3) is 6.48. The average molecular weight is 412 g/mol. The molecule has 3 aromatic rings. The highest BCUT2D eigenvalue weighted by molar-refractivity contribution is 6.06. The molecule has 0 saturated heterocycles. The first kappa shape index (κ1) is 21.7. The van der Waals surface area contributed by atoms with Crippen molar-refractivity contribution in [2.45, 2.75) is 26.4 Å². The van der Waals surface area contributed by atoms with Gasteiger partial charge in [-0.05, 0) is 55.8 Å². The van der Waals surface area contributed by atoms with Crippen molar-refractivity contribution in [2.75, 3.05) is 5.32 Å². The molecule has 0 atom stereocenters. The highest BCUT2D eigenvalue weighted by Gasteiger charge is 2.14. The van der Waals surface area contributed by atoms with E-state index >= 15 is 0 Å². The van der Waals surface area contributed by atoms with Gasteiger partial charge >= 0.3 is 0 Å². The Kier molecular flexibility index (Phi) is 7.45. The molecule has 0 radical (unpaired) electrons. The number of anilines is 1. The third-order valence-corrected chi connectivity index (χ3v) is 4.62. The fourth-order valence-electron chi connectivity index (χ4n) is 2.90. The molecule has 0 aliphatic carbocycles. The van der Waals surface area contributed by atoms with Crippen molar-refractivity contribution in [3.05, 3.63) is 102 Å². The molecule has 1 amide bonds. The summed E-state index contributed by atoms with van der Waals surface area (Å²) in [4.78, 5) is 14.6. The van der Waals surface area contributed by atoms with Gasteiger partial charge < -0.3 is 15.0 Å². The van der Waals surface area contributed by atoms with Gasteiger partial charge in [0.25, 0.3) is 5.91 Å². The van der Waals surface area contributed by atoms with Gasteiger partial charge in [-0.15, -0.1) is 0 Å². The van der Waals surface area contributed by atoms with Crippen molar-refractivity contribution >= 4 is 11.6 Å². The minimum absolute atomic E-state index is 0.0502. The highest BCUT2D eigenvalue weighted by atomic mass is 16.5. The molecule has 0 aliphatic heterocycles. The molecular weight excluding hydrogens is 386 g/mol. The zero-order chi connectivity index (χ0) is 22.1. The minimum Gasteiger partial charge on any atom is -0.457 e. The van der Waals surface area contributed by atoms with Crippen LogP contribution < -0.4 is 10.1 Å². The van der Waals surface area contributed by atoms with Crippen LogP contribution in [0.4, 0.5) is 5.69 Å². The number of ether oxygens (including phenoxy) is 1. The van der Waals surface area contributed by atoms with Crippen molar-refractivity contribution in [1.82, 2.24) is 4.90 Å². The van der Waals surface area contributed by atoms with Gasteiger partial charge in [-0.3, -0.25) is 4.79 Å². The number of carbonyl (C=O) groups is 1. The smallest absolute Gasteiger partial charge is 0.267 e. The van der Waals surface area contributed by atoms with E-state index in [-0.39, 0.29) is 11.6 Å². The third-order valence-electron chi connectivity index (χ3n) is 4.62. The molecular formula is C26H25N3O2. The molecule has 0 spiro atoms. The molecule has 156 valence electrons. The number of benzene rings is 3. The van der Waals surface area contributed by atoms with Gasteiger partial charge in [0.1, 0.15) is 23.1 Å². The summed E-state index contributed by atoms with van der Waals surface area (Å²) in [5.41, 5.74) is 1.75. The van der Waals surface area contributed by atoms with Crippen LogP contribution in [-0.4, -0.2) is 16.8 Å². The fraction of sp³-hybridized carbons (Fsp3) is 0.154. The molecule has 5 nitrogen and oxygen atoms in total. The normalized spacial score (nSPS) is 11.0. The molecule has 0 heterocycles. The second kappa shape index (κ2) is 10.7. The van der Waals surface area contributed by atoms with Crippen LogP contribution in [0.3, 0.4) is 0 Å². The summed E-state index contributed by atoms with van der Waals surface area (Å²) in [6.45, 7) is 4.66. The topological polar surface area (TPSA) is 65.4 Å². The first-order chi connectivity index (χ1) is 15.0. The zero-order valence-corrected chi connectivity index (χ0v) is 17.7. The van der Waals surface area contributed by atoms with Gasteiger partial charge in [0.2, 0.25) is 0 Å². The van der Waals surface area contributed by atoms with Crippen molar-refractivity contribution in [1.29, 1.82) is 5.26 Å². The Morgan fingerprint density at radius 3 is 2.13 bits per heavy atom. The van der Waals surface area contributed by atoms with E-state index in [0.717, 1.165) is 11.3 Å². The maximum absolute atomic E-state index is 12.7. The average Bonchev–Trinajstić information content (AvgIpc) is 2.79. The van der Waals surface area contributed by atoms with Gasteiger partial charge in [-0.25, -0.2) is 0 Å². The molecule has 0 saturated carbocycles. The molecule has 0 unspecified atom stereocenters. The molecule has 0 aliphatic rings. The number of para-hydroxylation sites is 1. The second-order valence-electron chi connectivity index (χ2n) is 7.30. The van der Waals surface area contributed by atoms with Crippen LogP contribution in [0.5, 0.6) is 11.5 Å². The number of nitrogens with zero attached hydrogens (tertiary/aromatic N) is 2. The Morgan fingerprint density at radius 2 is 1.55 bits per heavy atom. The highest BCUT2D eigenvalue weighted by Crippen LogP contribution is 2.23. The Labute approximate surface area is 183 Å². The predicted molar refractivity (Wildman–Crippen MR) is 122 cm³/mol. The maximum Gasteiger partial charge on any atom is 0.267 e. The summed E-state index contributed by atoms with van der Waals surface area (Å²) < 4.78 is 5.76. The Balaban J connectivity index is 1.67. The molecule has 5 heteroatoms. The van der Waals surface area contributed by atoms with Crippen LogP contribution >= 0.6 is 0 Å². The lowest BCUT2D eigenvalue weighted by molar-refractivity contribution is -0.112. The largest absolute Gasteiger partial charge is 0.457 e. The molecule has 0 fully saturated rings. The van der Waals surface area contributed by atoms with Gasteiger partial charge in [0.05, 0.1) is 0 Å². The lowest BCUT2D eigenvalue weighted by atomic mass is 10.2. The Morgan fingerprint density at radius 1 is 0.968 bits per heavy atom. The van der Waals surface area contributed by atoms with Crippen LogP contribution in [0.2, 0.25) is 0 Å². The number of hydrogen-bond acceptors (Lipinski definition) is 4. The number of nitriles is 1.